The Morgan fingerprint density at radius 1 is 1.30 bits per heavy atom. The Kier molecular flexibility index (Phi) is 6.58. The Labute approximate surface area is 120 Å². The SMILES string of the molecule is CCNCc1cc(S(=O)(=O)NCC(C)CC)ccc1F. The zero-order valence-corrected chi connectivity index (χ0v) is 13.1. The first kappa shape index (κ1) is 17.1. The van der Waals surface area contributed by atoms with E-state index in [1.54, 1.807) is 0 Å². The molecule has 0 amide bonds. The van der Waals surface area contributed by atoms with Gasteiger partial charge >= 0.3 is 0 Å². The van der Waals surface area contributed by atoms with Gasteiger partial charge in [-0.2, -0.15) is 0 Å². The zero-order chi connectivity index (χ0) is 15.2. The molecule has 0 bridgehead atoms. The van der Waals surface area contributed by atoms with Crippen molar-refractivity contribution < 1.29 is 12.8 Å². The molecule has 114 valence electrons. The van der Waals surface area contributed by atoms with E-state index in [9.17, 15) is 12.8 Å². The van der Waals surface area contributed by atoms with Gasteiger partial charge in [0.2, 0.25) is 10.0 Å². The second-order valence-corrected chi connectivity index (χ2v) is 6.67. The van der Waals surface area contributed by atoms with Crippen LogP contribution in [0, 0.1) is 11.7 Å². The summed E-state index contributed by atoms with van der Waals surface area (Å²) in [6, 6.07) is 3.88. The molecule has 2 N–H and O–H groups in total. The topological polar surface area (TPSA) is 58.2 Å². The maximum absolute atomic E-state index is 13.6. The van der Waals surface area contributed by atoms with Gasteiger partial charge in [0, 0.05) is 18.7 Å². The van der Waals surface area contributed by atoms with Gasteiger partial charge < -0.3 is 5.32 Å². The molecule has 0 fully saturated rings. The highest BCUT2D eigenvalue weighted by atomic mass is 32.2. The molecule has 1 atom stereocenters. The van der Waals surface area contributed by atoms with Crippen molar-refractivity contribution in [3.8, 4) is 0 Å². The van der Waals surface area contributed by atoms with Crippen LogP contribution in [0.1, 0.15) is 32.8 Å². The first-order valence-electron chi connectivity index (χ1n) is 6.89. The van der Waals surface area contributed by atoms with E-state index in [0.717, 1.165) is 6.42 Å². The summed E-state index contributed by atoms with van der Waals surface area (Å²) in [6.45, 7) is 7.29. The van der Waals surface area contributed by atoms with Gasteiger partial charge in [-0.05, 0) is 30.7 Å². The van der Waals surface area contributed by atoms with Crippen LogP contribution in [-0.2, 0) is 16.6 Å². The third-order valence-corrected chi connectivity index (χ3v) is 4.63. The number of hydrogen-bond acceptors (Lipinski definition) is 3. The van der Waals surface area contributed by atoms with Crippen LogP contribution in [0.2, 0.25) is 0 Å². The second kappa shape index (κ2) is 7.71. The molecule has 1 aromatic carbocycles. The molecular weight excluding hydrogens is 279 g/mol. The highest BCUT2D eigenvalue weighted by Gasteiger charge is 2.16. The number of nitrogens with one attached hydrogen (secondary N) is 2. The lowest BCUT2D eigenvalue weighted by Crippen LogP contribution is -2.28. The first-order chi connectivity index (χ1) is 9.40. The Bertz CT molecular complexity index is 532. The number of hydrogen-bond donors (Lipinski definition) is 2. The van der Waals surface area contributed by atoms with Crippen molar-refractivity contribution in [1.29, 1.82) is 0 Å². The monoisotopic (exact) mass is 302 g/mol. The van der Waals surface area contributed by atoms with Gasteiger partial charge in [0.15, 0.2) is 0 Å². The molecule has 0 aliphatic carbocycles. The maximum atomic E-state index is 13.6. The fourth-order valence-electron chi connectivity index (χ4n) is 1.59. The molecule has 0 aliphatic rings. The number of benzene rings is 1. The molecule has 1 unspecified atom stereocenters. The molecular formula is C14H23FN2O2S. The van der Waals surface area contributed by atoms with Gasteiger partial charge in [-0.3, -0.25) is 0 Å². The molecule has 6 heteroatoms. The van der Waals surface area contributed by atoms with Crippen LogP contribution in [0.4, 0.5) is 4.39 Å². The molecule has 0 saturated heterocycles. The molecule has 4 nitrogen and oxygen atoms in total. The first-order valence-corrected chi connectivity index (χ1v) is 8.37. The van der Waals surface area contributed by atoms with Gasteiger partial charge in [0.05, 0.1) is 4.90 Å². The van der Waals surface area contributed by atoms with Crippen molar-refractivity contribution in [2.24, 2.45) is 5.92 Å². The van der Waals surface area contributed by atoms with Crippen molar-refractivity contribution in [2.75, 3.05) is 13.1 Å². The van der Waals surface area contributed by atoms with Gasteiger partial charge in [-0.1, -0.05) is 27.2 Å². The van der Waals surface area contributed by atoms with E-state index in [-0.39, 0.29) is 10.8 Å². The highest BCUT2D eigenvalue weighted by molar-refractivity contribution is 7.89. The highest BCUT2D eigenvalue weighted by Crippen LogP contribution is 2.15. The summed E-state index contributed by atoms with van der Waals surface area (Å²) in [5.74, 6) is -0.127. The van der Waals surface area contributed by atoms with Crippen molar-refractivity contribution in [2.45, 2.75) is 38.6 Å². The molecule has 20 heavy (non-hydrogen) atoms. The van der Waals surface area contributed by atoms with Crippen LogP contribution in [0.15, 0.2) is 23.1 Å². The minimum absolute atomic E-state index is 0.107. The Morgan fingerprint density at radius 2 is 2.00 bits per heavy atom. The summed E-state index contributed by atoms with van der Waals surface area (Å²) in [5.41, 5.74) is 0.360. The van der Waals surface area contributed by atoms with E-state index in [1.807, 2.05) is 20.8 Å². The summed E-state index contributed by atoms with van der Waals surface area (Å²) in [7, 11) is -3.57. The molecule has 0 radical (unpaired) electrons. The third-order valence-electron chi connectivity index (χ3n) is 3.21. The summed E-state index contributed by atoms with van der Waals surface area (Å²) in [5, 5.41) is 2.99. The van der Waals surface area contributed by atoms with E-state index in [2.05, 4.69) is 10.0 Å². The van der Waals surface area contributed by atoms with Crippen LogP contribution in [0.25, 0.3) is 0 Å². The van der Waals surface area contributed by atoms with Crippen molar-refractivity contribution in [3.05, 3.63) is 29.6 Å². The maximum Gasteiger partial charge on any atom is 0.240 e. The lowest BCUT2D eigenvalue weighted by Gasteiger charge is -2.12. The summed E-state index contributed by atoms with van der Waals surface area (Å²) in [4.78, 5) is 0.107. The quantitative estimate of drug-likeness (QED) is 0.774. The third kappa shape index (κ3) is 4.85. The predicted molar refractivity (Wildman–Crippen MR) is 78.4 cm³/mol. The molecule has 0 spiro atoms. The van der Waals surface area contributed by atoms with Crippen molar-refractivity contribution in [1.82, 2.24) is 10.0 Å². The van der Waals surface area contributed by atoms with E-state index in [4.69, 9.17) is 0 Å². The van der Waals surface area contributed by atoms with Crippen LogP contribution in [0.5, 0.6) is 0 Å². The lowest BCUT2D eigenvalue weighted by atomic mass is 10.1. The number of rotatable bonds is 8. The summed E-state index contributed by atoms with van der Waals surface area (Å²) < 4.78 is 40.4. The van der Waals surface area contributed by atoms with Crippen molar-refractivity contribution in [3.63, 3.8) is 0 Å². The molecule has 0 aliphatic heterocycles. The van der Waals surface area contributed by atoms with Gasteiger partial charge in [-0.15, -0.1) is 0 Å². The Balaban J connectivity index is 2.89. The van der Waals surface area contributed by atoms with Crippen LogP contribution in [0.3, 0.4) is 0 Å². The Hall–Kier alpha value is -0.980. The average Bonchev–Trinajstić information content (AvgIpc) is 2.43. The molecule has 0 heterocycles. The van der Waals surface area contributed by atoms with E-state index >= 15 is 0 Å². The van der Waals surface area contributed by atoms with Crippen LogP contribution < -0.4 is 10.0 Å². The fraction of sp³-hybridized carbons (Fsp3) is 0.571. The van der Waals surface area contributed by atoms with Gasteiger partial charge in [-0.25, -0.2) is 17.5 Å². The lowest BCUT2D eigenvalue weighted by molar-refractivity contribution is 0.528. The largest absolute Gasteiger partial charge is 0.313 e. The summed E-state index contributed by atoms with van der Waals surface area (Å²) in [6.07, 6.45) is 0.900. The van der Waals surface area contributed by atoms with Crippen LogP contribution >= 0.6 is 0 Å². The standard InChI is InChI=1S/C14H23FN2O2S/c1-4-11(3)9-17-20(18,19)13-6-7-14(15)12(8-13)10-16-5-2/h6-8,11,16-17H,4-5,9-10H2,1-3H3. The normalized spacial score (nSPS) is 13.4. The smallest absolute Gasteiger partial charge is 0.240 e. The molecule has 1 rings (SSSR count). The number of sulfonamides is 1. The van der Waals surface area contributed by atoms with E-state index < -0.39 is 15.8 Å². The minimum atomic E-state index is -3.57. The fourth-order valence-corrected chi connectivity index (χ4v) is 2.81. The molecule has 0 aromatic heterocycles. The number of halogens is 1. The van der Waals surface area contributed by atoms with E-state index in [1.165, 1.54) is 18.2 Å². The molecule has 1 aromatic rings. The van der Waals surface area contributed by atoms with Crippen molar-refractivity contribution >= 4 is 10.0 Å². The van der Waals surface area contributed by atoms with Crippen LogP contribution in [-0.4, -0.2) is 21.5 Å². The average molecular weight is 302 g/mol. The summed E-state index contributed by atoms with van der Waals surface area (Å²) >= 11 is 0. The van der Waals surface area contributed by atoms with Gasteiger partial charge in [0.1, 0.15) is 5.82 Å². The zero-order valence-electron chi connectivity index (χ0n) is 12.2. The molecule has 0 saturated carbocycles. The predicted octanol–water partition coefficient (Wildman–Crippen LogP) is 2.26. The Morgan fingerprint density at radius 3 is 2.60 bits per heavy atom. The second-order valence-electron chi connectivity index (χ2n) is 4.90. The van der Waals surface area contributed by atoms with E-state index in [0.29, 0.717) is 25.2 Å². The minimum Gasteiger partial charge on any atom is -0.313 e. The van der Waals surface area contributed by atoms with Gasteiger partial charge in [0.25, 0.3) is 0 Å².